The lowest BCUT2D eigenvalue weighted by Crippen LogP contribution is -2.46. The number of amides is 2. The molecule has 0 atom stereocenters. The summed E-state index contributed by atoms with van der Waals surface area (Å²) in [5.41, 5.74) is 3.50. The van der Waals surface area contributed by atoms with Gasteiger partial charge in [0.1, 0.15) is 10.6 Å². The number of para-hydroxylation sites is 1. The van der Waals surface area contributed by atoms with Gasteiger partial charge in [-0.05, 0) is 55.5 Å². The van der Waals surface area contributed by atoms with Crippen LogP contribution in [0.5, 0.6) is 5.75 Å². The Morgan fingerprint density at radius 3 is 2.79 bits per heavy atom. The largest absolute Gasteiger partial charge is 0.495 e. The second-order valence-electron chi connectivity index (χ2n) is 9.02. The maximum atomic E-state index is 13.2. The summed E-state index contributed by atoms with van der Waals surface area (Å²) in [6.45, 7) is 1.31. The second kappa shape index (κ2) is 7.49. The van der Waals surface area contributed by atoms with Crippen molar-refractivity contribution in [3.05, 3.63) is 53.6 Å². The van der Waals surface area contributed by atoms with Crippen molar-refractivity contribution in [1.82, 2.24) is 10.5 Å². The first-order valence-electron chi connectivity index (χ1n) is 11.3. The third kappa shape index (κ3) is 3.24. The van der Waals surface area contributed by atoms with E-state index in [-0.39, 0.29) is 27.9 Å². The van der Waals surface area contributed by atoms with Crippen LogP contribution in [0.2, 0.25) is 0 Å². The van der Waals surface area contributed by atoms with Crippen LogP contribution in [-0.4, -0.2) is 39.8 Å². The lowest BCUT2D eigenvalue weighted by molar-refractivity contribution is 0.243. The van der Waals surface area contributed by atoms with Gasteiger partial charge in [-0.2, -0.15) is 0 Å². The van der Waals surface area contributed by atoms with Crippen LogP contribution in [0.4, 0.5) is 16.3 Å². The summed E-state index contributed by atoms with van der Waals surface area (Å²) in [6.07, 6.45) is 3.53. The minimum Gasteiger partial charge on any atom is -0.495 e. The summed E-state index contributed by atoms with van der Waals surface area (Å²) >= 11 is 0. The highest BCUT2D eigenvalue weighted by molar-refractivity contribution is 7.92. The van der Waals surface area contributed by atoms with E-state index in [2.05, 4.69) is 21.3 Å². The molecule has 10 heteroatoms. The number of carbonyl (C=O) groups excluding carboxylic acids is 1. The molecule has 3 aromatic rings. The van der Waals surface area contributed by atoms with Crippen LogP contribution in [0.25, 0.3) is 11.3 Å². The number of ether oxygens (including phenoxy) is 1. The van der Waals surface area contributed by atoms with Gasteiger partial charge in [0.25, 0.3) is 10.0 Å². The van der Waals surface area contributed by atoms with E-state index in [9.17, 15) is 13.2 Å². The molecule has 0 bridgehead atoms. The average molecular weight is 481 g/mol. The average Bonchev–Trinajstić information content (AvgIpc) is 3.51. The van der Waals surface area contributed by atoms with Crippen molar-refractivity contribution in [2.75, 3.05) is 29.8 Å². The first-order chi connectivity index (χ1) is 16.4. The fourth-order valence-electron chi connectivity index (χ4n) is 5.04. The minimum atomic E-state index is -3.94. The van der Waals surface area contributed by atoms with Gasteiger partial charge in [-0.3, -0.25) is 9.62 Å². The van der Waals surface area contributed by atoms with E-state index in [1.807, 2.05) is 12.1 Å². The van der Waals surface area contributed by atoms with E-state index >= 15 is 0 Å². The van der Waals surface area contributed by atoms with Crippen molar-refractivity contribution >= 4 is 27.6 Å². The van der Waals surface area contributed by atoms with Crippen LogP contribution in [0.15, 0.2) is 51.9 Å². The number of hydrogen-bond donors (Lipinski definition) is 2. The Morgan fingerprint density at radius 1 is 1.21 bits per heavy atom. The number of fused-ring (bicyclic) bond motifs is 4. The number of hydrogen-bond acceptors (Lipinski definition) is 6. The molecule has 0 unspecified atom stereocenters. The summed E-state index contributed by atoms with van der Waals surface area (Å²) in [7, 11) is -2.51. The number of methoxy groups -OCH3 is 1. The first kappa shape index (κ1) is 21.0. The van der Waals surface area contributed by atoms with Gasteiger partial charge in [0.05, 0.1) is 7.11 Å². The maximum absolute atomic E-state index is 13.2. The van der Waals surface area contributed by atoms with Gasteiger partial charge in [0.15, 0.2) is 11.6 Å². The predicted octanol–water partition coefficient (Wildman–Crippen LogP) is 3.66. The maximum Gasteiger partial charge on any atom is 0.321 e. The van der Waals surface area contributed by atoms with Crippen LogP contribution < -0.4 is 19.7 Å². The highest BCUT2D eigenvalue weighted by Gasteiger charge is 2.50. The van der Waals surface area contributed by atoms with Crippen molar-refractivity contribution in [3.63, 3.8) is 0 Å². The normalized spacial score (nSPS) is 18.1. The molecule has 3 aliphatic rings. The molecule has 9 nitrogen and oxygen atoms in total. The molecular weight excluding hydrogens is 456 g/mol. The van der Waals surface area contributed by atoms with Crippen molar-refractivity contribution < 1.29 is 22.5 Å². The zero-order chi connectivity index (χ0) is 23.5. The van der Waals surface area contributed by atoms with E-state index in [0.29, 0.717) is 25.3 Å². The Morgan fingerprint density at radius 2 is 2.03 bits per heavy atom. The molecule has 0 radical (unpaired) electrons. The molecule has 2 fully saturated rings. The van der Waals surface area contributed by atoms with Gasteiger partial charge in [-0.15, -0.1) is 0 Å². The number of nitrogens with zero attached hydrogens (tertiary/aromatic N) is 2. The number of urea groups is 1. The molecule has 2 aromatic carbocycles. The van der Waals surface area contributed by atoms with E-state index in [4.69, 9.17) is 9.26 Å². The smallest absolute Gasteiger partial charge is 0.321 e. The Hall–Kier alpha value is -3.53. The lowest BCUT2D eigenvalue weighted by atomic mass is 9.79. The molecule has 176 valence electrons. The zero-order valence-corrected chi connectivity index (χ0v) is 19.4. The Bertz CT molecular complexity index is 1410. The predicted molar refractivity (Wildman–Crippen MR) is 126 cm³/mol. The van der Waals surface area contributed by atoms with Crippen molar-refractivity contribution in [2.45, 2.75) is 36.0 Å². The topological polar surface area (TPSA) is 114 Å². The van der Waals surface area contributed by atoms with Gasteiger partial charge in [-0.1, -0.05) is 23.4 Å². The molecule has 2 N–H and O–H groups in total. The fraction of sp³-hybridized carbons (Fsp3) is 0.333. The third-order valence-electron chi connectivity index (χ3n) is 6.96. The molecule has 1 aromatic heterocycles. The molecular formula is C24H24N4O5S. The monoisotopic (exact) mass is 480 g/mol. The van der Waals surface area contributed by atoms with Crippen molar-refractivity contribution in [2.24, 2.45) is 0 Å². The van der Waals surface area contributed by atoms with E-state index in [0.717, 1.165) is 41.6 Å². The quantitative estimate of drug-likeness (QED) is 0.576. The van der Waals surface area contributed by atoms with Crippen LogP contribution in [0.3, 0.4) is 0 Å². The Balaban J connectivity index is 1.40. The Kier molecular flexibility index (Phi) is 4.63. The van der Waals surface area contributed by atoms with Crippen LogP contribution in [0, 0.1) is 0 Å². The van der Waals surface area contributed by atoms with Gasteiger partial charge in [-0.25, -0.2) is 13.2 Å². The van der Waals surface area contributed by atoms with Crippen LogP contribution >= 0.6 is 0 Å². The summed E-state index contributed by atoms with van der Waals surface area (Å²) in [5.74, 6) is 0.990. The number of anilines is 2. The highest BCUT2D eigenvalue weighted by Crippen LogP contribution is 2.58. The number of sulfonamides is 1. The zero-order valence-electron chi connectivity index (χ0n) is 18.6. The van der Waals surface area contributed by atoms with Gasteiger partial charge >= 0.3 is 6.03 Å². The fourth-order valence-corrected chi connectivity index (χ4v) is 6.24. The van der Waals surface area contributed by atoms with Crippen molar-refractivity contribution in [3.8, 4) is 17.1 Å². The molecule has 1 spiro atoms. The van der Waals surface area contributed by atoms with E-state index in [1.54, 1.807) is 23.1 Å². The van der Waals surface area contributed by atoms with E-state index < -0.39 is 10.0 Å². The summed E-state index contributed by atoms with van der Waals surface area (Å²) in [6, 6.07) is 12.3. The van der Waals surface area contributed by atoms with Gasteiger partial charge in [0, 0.05) is 35.3 Å². The molecule has 1 saturated heterocycles. The number of aromatic nitrogens is 1. The summed E-state index contributed by atoms with van der Waals surface area (Å²) in [4.78, 5) is 14.1. The molecule has 6 rings (SSSR count). The van der Waals surface area contributed by atoms with Gasteiger partial charge < -0.3 is 14.6 Å². The molecule has 1 aliphatic heterocycles. The Labute approximate surface area is 197 Å². The standard InChI is InChI=1S/C24H24N4O5S/c1-32-19-5-2-3-6-20(19)34(30,31)27-22-17-14-24(9-10-24)18-8-7-15(13-16(18)21(17)33-26-22)28-12-4-11-25-23(28)29/h2-3,5-8,13H,4,9-12,14H2,1H3,(H,25,29)(H,26,27). The molecule has 1 saturated carbocycles. The first-order valence-corrected chi connectivity index (χ1v) is 12.7. The number of rotatable bonds is 5. The van der Waals surface area contributed by atoms with Gasteiger partial charge in [0.2, 0.25) is 0 Å². The molecule has 34 heavy (non-hydrogen) atoms. The van der Waals surface area contributed by atoms with Crippen LogP contribution in [-0.2, 0) is 21.9 Å². The minimum absolute atomic E-state index is 0.0324. The second-order valence-corrected chi connectivity index (χ2v) is 10.7. The molecule has 2 aliphatic carbocycles. The molecule has 2 heterocycles. The molecule has 2 amide bonds. The summed E-state index contributed by atoms with van der Waals surface area (Å²) in [5, 5.41) is 6.99. The highest BCUT2D eigenvalue weighted by atomic mass is 32.2. The lowest BCUT2D eigenvalue weighted by Gasteiger charge is -2.30. The summed E-state index contributed by atoms with van der Waals surface area (Å²) < 4.78 is 39.9. The number of benzene rings is 2. The third-order valence-corrected chi connectivity index (χ3v) is 8.34. The number of carbonyl (C=O) groups is 1. The van der Waals surface area contributed by atoms with Crippen LogP contribution in [0.1, 0.15) is 30.4 Å². The van der Waals surface area contributed by atoms with E-state index in [1.165, 1.54) is 13.2 Å². The SMILES string of the molecule is COc1ccccc1S(=O)(=O)Nc1noc2c1CC1(CC1)c1ccc(N3CCCNC3=O)cc1-2. The van der Waals surface area contributed by atoms with Crippen molar-refractivity contribution in [1.29, 1.82) is 0 Å². The number of nitrogens with one attached hydrogen (secondary N) is 2.